The zero-order valence-electron chi connectivity index (χ0n) is 13.2. The number of nitrogens with one attached hydrogen (secondary N) is 1. The summed E-state index contributed by atoms with van der Waals surface area (Å²) in [6, 6.07) is 13.0. The van der Waals surface area contributed by atoms with Crippen LogP contribution >= 0.6 is 11.8 Å². The lowest BCUT2D eigenvalue weighted by molar-refractivity contribution is 0.411. The molecule has 2 nitrogen and oxygen atoms in total. The van der Waals surface area contributed by atoms with Crippen molar-refractivity contribution < 1.29 is 4.74 Å². The van der Waals surface area contributed by atoms with E-state index in [0.29, 0.717) is 0 Å². The van der Waals surface area contributed by atoms with E-state index >= 15 is 0 Å². The molecule has 0 heterocycles. The van der Waals surface area contributed by atoms with Crippen LogP contribution in [0.15, 0.2) is 41.3 Å². The minimum atomic E-state index is 0.880. The number of aryl methyl sites for hydroxylation is 2. The summed E-state index contributed by atoms with van der Waals surface area (Å²) in [5.74, 6) is 1.89. The molecule has 0 aliphatic rings. The van der Waals surface area contributed by atoms with Crippen LogP contribution in [0.4, 0.5) is 0 Å². The Bertz CT molecular complexity index is 610. The Morgan fingerprint density at radius 3 is 2.62 bits per heavy atom. The summed E-state index contributed by atoms with van der Waals surface area (Å²) in [6.45, 7) is 5.18. The molecule has 3 heteroatoms. The topological polar surface area (TPSA) is 21.3 Å². The van der Waals surface area contributed by atoms with Gasteiger partial charge in [-0.25, -0.2) is 0 Å². The number of hydrogen-bond acceptors (Lipinski definition) is 3. The Balaban J connectivity index is 2.18. The number of thioether (sulfide) groups is 1. The van der Waals surface area contributed by atoms with E-state index < -0.39 is 0 Å². The molecule has 0 bridgehead atoms. The second-order valence-corrected chi connectivity index (χ2v) is 6.25. The zero-order valence-corrected chi connectivity index (χ0v) is 14.0. The second-order valence-electron chi connectivity index (χ2n) is 5.23. The van der Waals surface area contributed by atoms with Gasteiger partial charge in [0.2, 0.25) is 0 Å². The van der Waals surface area contributed by atoms with Gasteiger partial charge in [0, 0.05) is 22.8 Å². The number of rotatable bonds is 6. The molecule has 112 valence electrons. The molecule has 0 atom stereocenters. The van der Waals surface area contributed by atoms with Crippen molar-refractivity contribution in [1.82, 2.24) is 5.32 Å². The number of ether oxygens (including phenoxy) is 1. The van der Waals surface area contributed by atoms with Crippen molar-refractivity contribution in [3.63, 3.8) is 0 Å². The smallest absolute Gasteiger partial charge is 0.122 e. The molecule has 21 heavy (non-hydrogen) atoms. The molecule has 2 aromatic rings. The summed E-state index contributed by atoms with van der Waals surface area (Å²) >= 11 is 1.87. The van der Waals surface area contributed by atoms with Gasteiger partial charge in [-0.15, -0.1) is 11.8 Å². The summed E-state index contributed by atoms with van der Waals surface area (Å²) in [5, 5.41) is 3.19. The van der Waals surface area contributed by atoms with Gasteiger partial charge in [-0.1, -0.05) is 23.8 Å². The zero-order chi connectivity index (χ0) is 15.2. The molecule has 0 aromatic heterocycles. The third kappa shape index (κ3) is 4.26. The maximum atomic E-state index is 5.49. The van der Waals surface area contributed by atoms with Crippen LogP contribution in [-0.4, -0.2) is 14.2 Å². The van der Waals surface area contributed by atoms with Crippen LogP contribution in [-0.2, 0) is 12.3 Å². The van der Waals surface area contributed by atoms with Crippen LogP contribution in [0.25, 0.3) is 0 Å². The molecule has 2 rings (SSSR count). The Kier molecular flexibility index (Phi) is 5.71. The summed E-state index contributed by atoms with van der Waals surface area (Å²) < 4.78 is 5.49. The Morgan fingerprint density at radius 2 is 1.90 bits per heavy atom. The van der Waals surface area contributed by atoms with Gasteiger partial charge in [-0.05, 0) is 50.2 Å². The first-order valence-electron chi connectivity index (χ1n) is 7.14. The van der Waals surface area contributed by atoms with Crippen molar-refractivity contribution in [2.75, 3.05) is 14.2 Å². The quantitative estimate of drug-likeness (QED) is 0.803. The molecule has 0 saturated heterocycles. The standard InChI is InChI=1S/C18H23NOS/c1-13-5-6-14(2)18(9-13)21-12-16-10-15(11-19-3)7-8-17(16)20-4/h5-10,19H,11-12H2,1-4H3. The molecular weight excluding hydrogens is 278 g/mol. The van der Waals surface area contributed by atoms with Crippen LogP contribution in [0.2, 0.25) is 0 Å². The van der Waals surface area contributed by atoms with Gasteiger partial charge in [0.15, 0.2) is 0 Å². The molecule has 2 aromatic carbocycles. The first-order valence-corrected chi connectivity index (χ1v) is 8.13. The Morgan fingerprint density at radius 1 is 1.10 bits per heavy atom. The van der Waals surface area contributed by atoms with Crippen molar-refractivity contribution in [3.8, 4) is 5.75 Å². The van der Waals surface area contributed by atoms with Gasteiger partial charge in [0.1, 0.15) is 5.75 Å². The van der Waals surface area contributed by atoms with Crippen molar-refractivity contribution in [3.05, 3.63) is 58.7 Å². The van der Waals surface area contributed by atoms with Gasteiger partial charge < -0.3 is 10.1 Å². The van der Waals surface area contributed by atoms with Crippen LogP contribution in [0.5, 0.6) is 5.75 Å². The van der Waals surface area contributed by atoms with Crippen LogP contribution in [0.3, 0.4) is 0 Å². The Hall–Kier alpha value is -1.45. The highest BCUT2D eigenvalue weighted by atomic mass is 32.2. The largest absolute Gasteiger partial charge is 0.496 e. The fraction of sp³-hybridized carbons (Fsp3) is 0.333. The van der Waals surface area contributed by atoms with Crippen molar-refractivity contribution >= 4 is 11.8 Å². The maximum Gasteiger partial charge on any atom is 0.122 e. The highest BCUT2D eigenvalue weighted by Crippen LogP contribution is 2.31. The highest BCUT2D eigenvalue weighted by Gasteiger charge is 2.07. The van der Waals surface area contributed by atoms with E-state index in [1.54, 1.807) is 7.11 Å². The van der Waals surface area contributed by atoms with E-state index in [-0.39, 0.29) is 0 Å². The monoisotopic (exact) mass is 301 g/mol. The molecule has 0 aliphatic carbocycles. The lowest BCUT2D eigenvalue weighted by atomic mass is 10.1. The molecule has 0 unspecified atom stereocenters. The molecule has 0 saturated carbocycles. The maximum absolute atomic E-state index is 5.49. The van der Waals surface area contributed by atoms with E-state index in [1.807, 2.05) is 18.8 Å². The first-order chi connectivity index (χ1) is 10.1. The SMILES string of the molecule is CNCc1ccc(OC)c(CSc2cc(C)ccc2C)c1. The molecular formula is C18H23NOS. The molecule has 1 N–H and O–H groups in total. The average molecular weight is 301 g/mol. The molecule has 0 spiro atoms. The van der Waals surface area contributed by atoms with E-state index in [2.05, 4.69) is 55.6 Å². The van der Waals surface area contributed by atoms with Crippen LogP contribution < -0.4 is 10.1 Å². The molecule has 0 aliphatic heterocycles. The molecule has 0 fully saturated rings. The third-order valence-corrected chi connectivity index (χ3v) is 4.66. The van der Waals surface area contributed by atoms with Gasteiger partial charge in [-0.2, -0.15) is 0 Å². The van der Waals surface area contributed by atoms with Gasteiger partial charge >= 0.3 is 0 Å². The summed E-state index contributed by atoms with van der Waals surface area (Å²) in [6.07, 6.45) is 0. The van der Waals surface area contributed by atoms with Gasteiger partial charge in [-0.3, -0.25) is 0 Å². The van der Waals surface area contributed by atoms with Gasteiger partial charge in [0.05, 0.1) is 7.11 Å². The average Bonchev–Trinajstić information content (AvgIpc) is 2.49. The van der Waals surface area contributed by atoms with E-state index in [9.17, 15) is 0 Å². The second kappa shape index (κ2) is 7.53. The van der Waals surface area contributed by atoms with Crippen molar-refractivity contribution in [2.24, 2.45) is 0 Å². The highest BCUT2D eigenvalue weighted by molar-refractivity contribution is 7.98. The minimum Gasteiger partial charge on any atom is -0.496 e. The van der Waals surface area contributed by atoms with E-state index in [1.165, 1.54) is 27.1 Å². The lowest BCUT2D eigenvalue weighted by Gasteiger charge is -2.12. The summed E-state index contributed by atoms with van der Waals surface area (Å²) in [5.41, 5.74) is 5.17. The van der Waals surface area contributed by atoms with Crippen LogP contribution in [0, 0.1) is 13.8 Å². The van der Waals surface area contributed by atoms with Crippen LogP contribution in [0.1, 0.15) is 22.3 Å². The fourth-order valence-electron chi connectivity index (χ4n) is 2.28. The minimum absolute atomic E-state index is 0.880. The van der Waals surface area contributed by atoms with E-state index in [0.717, 1.165) is 18.0 Å². The van der Waals surface area contributed by atoms with E-state index in [4.69, 9.17) is 4.74 Å². The van der Waals surface area contributed by atoms with Crippen molar-refractivity contribution in [1.29, 1.82) is 0 Å². The number of hydrogen-bond donors (Lipinski definition) is 1. The Labute approximate surface area is 131 Å². The number of methoxy groups -OCH3 is 1. The lowest BCUT2D eigenvalue weighted by Crippen LogP contribution is -2.05. The summed E-state index contributed by atoms with van der Waals surface area (Å²) in [4.78, 5) is 1.34. The predicted molar refractivity (Wildman–Crippen MR) is 91.2 cm³/mol. The molecule has 0 amide bonds. The normalized spacial score (nSPS) is 10.7. The molecule has 0 radical (unpaired) electrons. The first kappa shape index (κ1) is 15.9. The van der Waals surface area contributed by atoms with Gasteiger partial charge in [0.25, 0.3) is 0 Å². The number of benzene rings is 2. The van der Waals surface area contributed by atoms with Crippen molar-refractivity contribution in [2.45, 2.75) is 31.0 Å². The third-order valence-electron chi connectivity index (χ3n) is 3.45. The predicted octanol–water partition coefficient (Wildman–Crippen LogP) is 4.32. The summed E-state index contributed by atoms with van der Waals surface area (Å²) in [7, 11) is 3.70. The fourth-order valence-corrected chi connectivity index (χ4v) is 3.38.